The van der Waals surface area contributed by atoms with Gasteiger partial charge in [0.25, 0.3) is 0 Å². The van der Waals surface area contributed by atoms with Crippen LogP contribution in [0.25, 0.3) is 0 Å². The van der Waals surface area contributed by atoms with Crippen molar-refractivity contribution in [3.8, 4) is 0 Å². The fourth-order valence-corrected chi connectivity index (χ4v) is 1.26. The summed E-state index contributed by atoms with van der Waals surface area (Å²) in [5.41, 5.74) is 0. The minimum absolute atomic E-state index is 0.287. The van der Waals surface area contributed by atoms with Crippen LogP contribution in [0.3, 0.4) is 0 Å². The van der Waals surface area contributed by atoms with Gasteiger partial charge in [-0.2, -0.15) is 0 Å². The van der Waals surface area contributed by atoms with Crippen molar-refractivity contribution in [2.75, 3.05) is 6.54 Å². The quantitative estimate of drug-likeness (QED) is 0.391. The van der Waals surface area contributed by atoms with Crippen LogP contribution < -0.4 is 5.32 Å². The van der Waals surface area contributed by atoms with Gasteiger partial charge in [0, 0.05) is 13.0 Å². The summed E-state index contributed by atoms with van der Waals surface area (Å²) in [4.78, 5) is 10.6. The van der Waals surface area contributed by atoms with Crippen molar-refractivity contribution < 1.29 is 4.79 Å². The second kappa shape index (κ2) is 8.51. The molecule has 0 unspecified atom stereocenters. The second-order valence-electron chi connectivity index (χ2n) is 3.10. The molecule has 0 atom stereocenters. The number of thiocarbonyl (C=S) groups is 1. The molecule has 0 rings (SSSR count). The number of rotatable bonds is 7. The average Bonchev–Trinajstić information content (AvgIpc) is 2.01. The summed E-state index contributed by atoms with van der Waals surface area (Å²) in [5.74, 6) is 0.287. The molecule has 2 nitrogen and oxygen atoms in total. The number of carbonyl (C=O) groups excluding carboxylic acids is 1. The third-order valence-corrected chi connectivity index (χ3v) is 2.03. The van der Waals surface area contributed by atoms with Crippen molar-refractivity contribution in [3.63, 3.8) is 0 Å². The summed E-state index contributed by atoms with van der Waals surface area (Å²) in [5, 5.41) is 2.97. The molecule has 0 aromatic carbocycles. The highest BCUT2D eigenvalue weighted by Gasteiger charge is 1.94. The van der Waals surface area contributed by atoms with Crippen molar-refractivity contribution in [2.24, 2.45) is 0 Å². The summed E-state index contributed by atoms with van der Waals surface area (Å²) >= 11 is 8.68. The minimum Gasteiger partial charge on any atom is -0.371 e. The lowest BCUT2D eigenvalue weighted by Crippen LogP contribution is -2.17. The molecule has 76 valence electrons. The van der Waals surface area contributed by atoms with Gasteiger partial charge in [0.2, 0.25) is 0 Å². The zero-order valence-electron chi connectivity index (χ0n) is 8.01. The van der Waals surface area contributed by atoms with Gasteiger partial charge in [0.1, 0.15) is 10.1 Å². The minimum atomic E-state index is 0.287. The molecule has 4 heteroatoms. The molecule has 13 heavy (non-hydrogen) atoms. The van der Waals surface area contributed by atoms with Gasteiger partial charge in [-0.15, -0.1) is 12.6 Å². The first-order chi connectivity index (χ1) is 6.13. The Morgan fingerprint density at radius 3 is 2.46 bits per heavy atom. The fraction of sp³-hybridized carbons (Fsp3) is 0.778. The van der Waals surface area contributed by atoms with Crippen LogP contribution in [0.4, 0.5) is 0 Å². The van der Waals surface area contributed by atoms with Crippen molar-refractivity contribution in [2.45, 2.75) is 39.0 Å². The molecule has 0 saturated heterocycles. The summed E-state index contributed by atoms with van der Waals surface area (Å²) < 4.78 is 0.559. The molecule has 0 bridgehead atoms. The van der Waals surface area contributed by atoms with Gasteiger partial charge in [-0.25, -0.2) is 0 Å². The summed E-state index contributed by atoms with van der Waals surface area (Å²) in [7, 11) is 0. The Balaban J connectivity index is 3.00. The van der Waals surface area contributed by atoms with Gasteiger partial charge >= 0.3 is 0 Å². The first-order valence-electron chi connectivity index (χ1n) is 4.59. The van der Waals surface area contributed by atoms with Crippen molar-refractivity contribution >= 4 is 35.0 Å². The second-order valence-corrected chi connectivity index (χ2v) is 4.26. The molecule has 0 aliphatic rings. The molecule has 0 heterocycles. The van der Waals surface area contributed by atoms with Crippen LogP contribution in [0.15, 0.2) is 0 Å². The molecule has 0 aliphatic heterocycles. The smallest absolute Gasteiger partial charge is 0.130 e. The number of hydrogen-bond acceptors (Lipinski definition) is 2. The molecular weight excluding hydrogens is 202 g/mol. The van der Waals surface area contributed by atoms with E-state index >= 15 is 0 Å². The Morgan fingerprint density at radius 2 is 1.92 bits per heavy atom. The van der Waals surface area contributed by atoms with Crippen LogP contribution in [-0.2, 0) is 4.79 Å². The third-order valence-electron chi connectivity index (χ3n) is 1.73. The molecule has 0 aromatic rings. The van der Waals surface area contributed by atoms with E-state index in [1.165, 1.54) is 0 Å². The lowest BCUT2D eigenvalue weighted by Gasteiger charge is -2.02. The highest BCUT2D eigenvalue weighted by molar-refractivity contribution is 8.11. The molecular formula is C9H17NOS2. The predicted molar refractivity (Wildman–Crippen MR) is 63.4 cm³/mol. The monoisotopic (exact) mass is 219 g/mol. The molecule has 0 radical (unpaired) electrons. The van der Waals surface area contributed by atoms with Crippen molar-refractivity contribution in [3.05, 3.63) is 0 Å². The van der Waals surface area contributed by atoms with E-state index in [9.17, 15) is 4.79 Å². The van der Waals surface area contributed by atoms with Gasteiger partial charge in [-0.05, 0) is 19.8 Å². The summed E-state index contributed by atoms with van der Waals surface area (Å²) in [6.45, 7) is 2.53. The van der Waals surface area contributed by atoms with E-state index in [-0.39, 0.29) is 5.78 Å². The highest BCUT2D eigenvalue weighted by atomic mass is 32.1. The van der Waals surface area contributed by atoms with Gasteiger partial charge in [-0.1, -0.05) is 25.1 Å². The molecule has 0 aromatic heterocycles. The lowest BCUT2D eigenvalue weighted by atomic mass is 10.1. The zero-order valence-corrected chi connectivity index (χ0v) is 9.72. The van der Waals surface area contributed by atoms with Gasteiger partial charge in [0.05, 0.1) is 0 Å². The van der Waals surface area contributed by atoms with E-state index in [0.717, 1.165) is 38.6 Å². The maximum absolute atomic E-state index is 10.6. The number of nitrogens with one attached hydrogen (secondary N) is 1. The first kappa shape index (κ1) is 12.9. The maximum Gasteiger partial charge on any atom is 0.130 e. The molecule has 1 N–H and O–H groups in total. The predicted octanol–water partition coefficient (Wildman–Crippen LogP) is 2.33. The Hall–Kier alpha value is -0.0900. The SMILES string of the molecule is CC(=O)CCCCCCNC(=S)S. The summed E-state index contributed by atoms with van der Waals surface area (Å²) in [6.07, 6.45) is 5.11. The van der Waals surface area contributed by atoms with Gasteiger partial charge in [0.15, 0.2) is 0 Å². The standard InChI is InChI=1S/C9H17NOS2/c1-8(11)6-4-2-3-5-7-10-9(12)13/h2-7H2,1H3,(H2,10,12,13). The van der Waals surface area contributed by atoms with Crippen LogP contribution in [-0.4, -0.2) is 16.6 Å². The fourth-order valence-electron chi connectivity index (χ4n) is 1.05. The number of unbranched alkanes of at least 4 members (excludes halogenated alkanes) is 3. The normalized spacial score (nSPS) is 9.69. The van der Waals surface area contributed by atoms with E-state index in [0.29, 0.717) is 4.32 Å². The van der Waals surface area contributed by atoms with E-state index in [1.807, 2.05) is 0 Å². The van der Waals surface area contributed by atoms with Crippen LogP contribution in [0.5, 0.6) is 0 Å². The molecule has 0 spiro atoms. The van der Waals surface area contributed by atoms with Crippen LogP contribution >= 0.6 is 24.8 Å². The molecule has 0 amide bonds. The topological polar surface area (TPSA) is 29.1 Å². The Labute approximate surface area is 90.9 Å². The van der Waals surface area contributed by atoms with Gasteiger partial charge < -0.3 is 10.1 Å². The maximum atomic E-state index is 10.6. The number of Topliss-reactive ketones (excluding diaryl/α,β-unsaturated/α-hetero) is 1. The van der Waals surface area contributed by atoms with Crippen LogP contribution in [0.2, 0.25) is 0 Å². The van der Waals surface area contributed by atoms with E-state index in [1.54, 1.807) is 6.92 Å². The number of carbonyl (C=O) groups is 1. The molecule has 0 fully saturated rings. The van der Waals surface area contributed by atoms with Crippen molar-refractivity contribution in [1.82, 2.24) is 5.32 Å². The van der Waals surface area contributed by atoms with Gasteiger partial charge in [-0.3, -0.25) is 0 Å². The van der Waals surface area contributed by atoms with Crippen LogP contribution in [0.1, 0.15) is 39.0 Å². The summed E-state index contributed by atoms with van der Waals surface area (Å²) in [6, 6.07) is 0. The number of ketones is 1. The van der Waals surface area contributed by atoms with Crippen molar-refractivity contribution in [1.29, 1.82) is 0 Å². The Kier molecular flexibility index (Phi) is 8.45. The lowest BCUT2D eigenvalue weighted by molar-refractivity contribution is -0.117. The largest absolute Gasteiger partial charge is 0.371 e. The van der Waals surface area contributed by atoms with E-state index < -0.39 is 0 Å². The third kappa shape index (κ3) is 11.9. The molecule has 0 aliphatic carbocycles. The number of thiol groups is 1. The first-order valence-corrected chi connectivity index (χ1v) is 5.44. The molecule has 0 saturated carbocycles. The average molecular weight is 219 g/mol. The number of hydrogen-bond donors (Lipinski definition) is 2. The zero-order chi connectivity index (χ0) is 10.1. The Bertz CT molecular complexity index is 153. The Morgan fingerprint density at radius 1 is 1.31 bits per heavy atom. The van der Waals surface area contributed by atoms with E-state index in [4.69, 9.17) is 12.2 Å². The van der Waals surface area contributed by atoms with E-state index in [2.05, 4.69) is 17.9 Å². The van der Waals surface area contributed by atoms with Crippen LogP contribution in [0, 0.1) is 0 Å². The highest BCUT2D eigenvalue weighted by Crippen LogP contribution is 2.02.